The van der Waals surface area contributed by atoms with E-state index in [0.717, 1.165) is 0 Å². The lowest BCUT2D eigenvalue weighted by Crippen LogP contribution is -2.13. The number of aromatic nitrogens is 2. The second kappa shape index (κ2) is 8.15. The zero-order valence-electron chi connectivity index (χ0n) is 14.6. The number of carbonyl (C=O) groups excluding carboxylic acids is 1. The molecule has 3 aromatic rings. The number of para-hydroxylation sites is 3. The largest absolute Gasteiger partial charge is 0.496 e. The lowest BCUT2D eigenvalue weighted by molar-refractivity contribution is -0.116. The van der Waals surface area contributed by atoms with E-state index in [9.17, 15) is 4.79 Å². The van der Waals surface area contributed by atoms with Crippen LogP contribution >= 0.6 is 0 Å². The molecule has 0 atom stereocenters. The maximum absolute atomic E-state index is 12.2. The van der Waals surface area contributed by atoms with Gasteiger partial charge in [-0.3, -0.25) is 4.79 Å². The van der Waals surface area contributed by atoms with Gasteiger partial charge in [0.1, 0.15) is 11.5 Å². The van der Waals surface area contributed by atoms with Crippen LogP contribution in [0.4, 0.5) is 5.69 Å². The van der Waals surface area contributed by atoms with Crippen molar-refractivity contribution < 1.29 is 18.7 Å². The lowest BCUT2D eigenvalue weighted by atomic mass is 10.2. The molecule has 0 spiro atoms. The molecule has 1 aromatic heterocycles. The Kier molecular flexibility index (Phi) is 5.48. The molecule has 0 aliphatic carbocycles. The molecule has 1 amide bonds. The number of aryl methyl sites for hydroxylation is 1. The molecular weight excluding hydrogens is 334 g/mol. The predicted octanol–water partition coefficient (Wildman–Crippen LogP) is 3.33. The molecule has 0 aliphatic heterocycles. The van der Waals surface area contributed by atoms with E-state index >= 15 is 0 Å². The smallest absolute Gasteiger partial charge is 0.251 e. The first kappa shape index (κ1) is 17.5. The Bertz CT molecular complexity index is 892. The minimum Gasteiger partial charge on any atom is -0.496 e. The van der Waals surface area contributed by atoms with Crippen LogP contribution in [0.3, 0.4) is 0 Å². The highest BCUT2D eigenvalue weighted by Gasteiger charge is 2.14. The number of anilines is 1. The van der Waals surface area contributed by atoms with E-state index in [-0.39, 0.29) is 12.3 Å². The minimum atomic E-state index is -0.161. The van der Waals surface area contributed by atoms with Gasteiger partial charge in [-0.1, -0.05) is 24.3 Å². The van der Waals surface area contributed by atoms with E-state index in [2.05, 4.69) is 15.5 Å². The molecule has 1 N–H and O–H groups in total. The minimum absolute atomic E-state index is 0.161. The first-order valence-electron chi connectivity index (χ1n) is 8.10. The fourth-order valence-electron chi connectivity index (χ4n) is 2.47. The number of amides is 1. The van der Waals surface area contributed by atoms with Gasteiger partial charge in [-0.2, -0.15) is 0 Å². The normalized spacial score (nSPS) is 10.4. The highest BCUT2D eigenvalue weighted by atomic mass is 16.5. The number of ether oxygens (including phenoxy) is 2. The van der Waals surface area contributed by atoms with Crippen molar-refractivity contribution in [1.82, 2.24) is 10.2 Å². The van der Waals surface area contributed by atoms with Crippen LogP contribution in [0.25, 0.3) is 11.5 Å². The highest BCUT2D eigenvalue weighted by molar-refractivity contribution is 5.92. The molecule has 0 bridgehead atoms. The topological polar surface area (TPSA) is 86.5 Å². The van der Waals surface area contributed by atoms with Crippen molar-refractivity contribution in [3.63, 3.8) is 0 Å². The number of hydrogen-bond donors (Lipinski definition) is 1. The van der Waals surface area contributed by atoms with E-state index in [0.29, 0.717) is 41.0 Å². The Morgan fingerprint density at radius 1 is 1.00 bits per heavy atom. The summed E-state index contributed by atoms with van der Waals surface area (Å²) < 4.78 is 16.2. The van der Waals surface area contributed by atoms with Crippen LogP contribution in [0.5, 0.6) is 11.5 Å². The van der Waals surface area contributed by atoms with Crippen molar-refractivity contribution >= 4 is 11.6 Å². The summed E-state index contributed by atoms with van der Waals surface area (Å²) in [4.78, 5) is 12.2. The standard InChI is InChI=1S/C19H19N3O4/c1-24-15-9-5-3-7-13(15)19-22-21-18(26-19)12-11-17(23)20-14-8-4-6-10-16(14)25-2/h3-10H,11-12H2,1-2H3,(H,20,23). The average molecular weight is 353 g/mol. The fourth-order valence-corrected chi connectivity index (χ4v) is 2.47. The van der Waals surface area contributed by atoms with Gasteiger partial charge in [0.05, 0.1) is 25.5 Å². The van der Waals surface area contributed by atoms with Gasteiger partial charge < -0.3 is 19.2 Å². The van der Waals surface area contributed by atoms with Gasteiger partial charge in [-0.05, 0) is 24.3 Å². The summed E-state index contributed by atoms with van der Waals surface area (Å²) in [5, 5.41) is 10.9. The van der Waals surface area contributed by atoms with Crippen LogP contribution in [-0.2, 0) is 11.2 Å². The zero-order chi connectivity index (χ0) is 18.4. The Morgan fingerprint density at radius 3 is 2.46 bits per heavy atom. The first-order chi connectivity index (χ1) is 12.7. The molecule has 0 fully saturated rings. The van der Waals surface area contributed by atoms with Crippen LogP contribution in [0, 0.1) is 0 Å². The fraction of sp³-hybridized carbons (Fsp3) is 0.211. The maximum Gasteiger partial charge on any atom is 0.251 e. The first-order valence-corrected chi connectivity index (χ1v) is 8.10. The molecule has 3 rings (SSSR count). The van der Waals surface area contributed by atoms with Crippen LogP contribution < -0.4 is 14.8 Å². The molecule has 7 nitrogen and oxygen atoms in total. The number of carbonyl (C=O) groups is 1. The Balaban J connectivity index is 1.62. The summed E-state index contributed by atoms with van der Waals surface area (Å²) in [6.07, 6.45) is 0.550. The number of nitrogens with zero attached hydrogens (tertiary/aromatic N) is 2. The SMILES string of the molecule is COc1ccccc1NC(=O)CCc1nnc(-c2ccccc2OC)o1. The molecule has 26 heavy (non-hydrogen) atoms. The molecule has 134 valence electrons. The van der Waals surface area contributed by atoms with E-state index in [4.69, 9.17) is 13.9 Å². The molecular formula is C19H19N3O4. The molecule has 0 unspecified atom stereocenters. The van der Waals surface area contributed by atoms with Gasteiger partial charge in [0.25, 0.3) is 5.89 Å². The molecule has 1 heterocycles. The second-order valence-electron chi connectivity index (χ2n) is 5.45. The van der Waals surface area contributed by atoms with Crippen molar-refractivity contribution in [1.29, 1.82) is 0 Å². The third-order valence-corrected chi connectivity index (χ3v) is 3.75. The number of rotatable bonds is 7. The predicted molar refractivity (Wildman–Crippen MR) is 96.2 cm³/mol. The maximum atomic E-state index is 12.2. The highest BCUT2D eigenvalue weighted by Crippen LogP contribution is 2.28. The van der Waals surface area contributed by atoms with E-state index in [1.807, 2.05) is 36.4 Å². The summed E-state index contributed by atoms with van der Waals surface area (Å²) in [7, 11) is 3.14. The van der Waals surface area contributed by atoms with Gasteiger partial charge in [-0.25, -0.2) is 0 Å². The Labute approximate surface area is 151 Å². The third kappa shape index (κ3) is 4.00. The van der Waals surface area contributed by atoms with Crippen molar-refractivity contribution in [3.8, 4) is 23.0 Å². The van der Waals surface area contributed by atoms with E-state index in [1.54, 1.807) is 26.4 Å². The Morgan fingerprint density at radius 2 is 1.69 bits per heavy atom. The van der Waals surface area contributed by atoms with Gasteiger partial charge in [0.2, 0.25) is 11.8 Å². The molecule has 2 aromatic carbocycles. The van der Waals surface area contributed by atoms with Crippen LogP contribution in [0.2, 0.25) is 0 Å². The zero-order valence-corrected chi connectivity index (χ0v) is 14.6. The summed E-state index contributed by atoms with van der Waals surface area (Å²) >= 11 is 0. The van der Waals surface area contributed by atoms with Gasteiger partial charge in [0.15, 0.2) is 0 Å². The summed E-state index contributed by atoms with van der Waals surface area (Å²) in [6.45, 7) is 0. The molecule has 0 radical (unpaired) electrons. The average Bonchev–Trinajstić information content (AvgIpc) is 3.15. The van der Waals surface area contributed by atoms with Crippen LogP contribution in [0.15, 0.2) is 52.9 Å². The van der Waals surface area contributed by atoms with Crippen molar-refractivity contribution in [2.24, 2.45) is 0 Å². The van der Waals surface area contributed by atoms with Crippen molar-refractivity contribution in [2.75, 3.05) is 19.5 Å². The number of hydrogen-bond acceptors (Lipinski definition) is 6. The van der Waals surface area contributed by atoms with Gasteiger partial charge in [-0.15, -0.1) is 10.2 Å². The van der Waals surface area contributed by atoms with E-state index < -0.39 is 0 Å². The molecule has 0 saturated carbocycles. The number of benzene rings is 2. The number of methoxy groups -OCH3 is 2. The van der Waals surface area contributed by atoms with Crippen molar-refractivity contribution in [3.05, 3.63) is 54.4 Å². The Hall–Kier alpha value is -3.35. The van der Waals surface area contributed by atoms with Gasteiger partial charge in [0, 0.05) is 12.8 Å². The summed E-state index contributed by atoms with van der Waals surface area (Å²) in [5.41, 5.74) is 1.34. The summed E-state index contributed by atoms with van der Waals surface area (Å²) in [6, 6.07) is 14.6. The van der Waals surface area contributed by atoms with Crippen LogP contribution in [0.1, 0.15) is 12.3 Å². The van der Waals surface area contributed by atoms with Crippen molar-refractivity contribution in [2.45, 2.75) is 12.8 Å². The second-order valence-corrected chi connectivity index (χ2v) is 5.45. The number of nitrogens with one attached hydrogen (secondary N) is 1. The molecule has 0 saturated heterocycles. The molecule has 7 heteroatoms. The monoisotopic (exact) mass is 353 g/mol. The third-order valence-electron chi connectivity index (χ3n) is 3.75. The lowest BCUT2D eigenvalue weighted by Gasteiger charge is -2.09. The van der Waals surface area contributed by atoms with Gasteiger partial charge >= 0.3 is 0 Å². The van der Waals surface area contributed by atoms with Crippen LogP contribution in [-0.4, -0.2) is 30.3 Å². The molecule has 0 aliphatic rings. The van der Waals surface area contributed by atoms with E-state index in [1.165, 1.54) is 0 Å². The summed E-state index contributed by atoms with van der Waals surface area (Å²) in [5.74, 6) is 1.85. The quantitative estimate of drug-likeness (QED) is 0.701.